The van der Waals surface area contributed by atoms with Crippen LogP contribution in [0, 0.1) is 0 Å². The molecule has 1 aliphatic carbocycles. The predicted octanol–water partition coefficient (Wildman–Crippen LogP) is 1.85. The van der Waals surface area contributed by atoms with Crippen LogP contribution < -0.4 is 10.4 Å². The van der Waals surface area contributed by atoms with E-state index >= 15 is 0 Å². The minimum absolute atomic E-state index is 1.18. The Balaban J connectivity index is 0.000000396. The van der Waals surface area contributed by atoms with Crippen LogP contribution in [0.1, 0.15) is 33.6 Å². The van der Waals surface area contributed by atoms with Crippen molar-refractivity contribution in [1.82, 2.24) is 4.98 Å². The van der Waals surface area contributed by atoms with Crippen LogP contribution in [0.15, 0.2) is 18.5 Å². The molecular weight excluding hydrogens is 158 g/mol. The molecule has 0 fully saturated rings. The Hall–Kier alpha value is -1.11. The van der Waals surface area contributed by atoms with E-state index in [0.717, 1.165) is 0 Å². The van der Waals surface area contributed by atoms with Crippen molar-refractivity contribution in [1.29, 1.82) is 0 Å². The molecule has 0 bridgehead atoms. The SMILES string of the molecule is CC.CC1=c2cnccc2=CCC1. The summed E-state index contributed by atoms with van der Waals surface area (Å²) >= 11 is 0. The largest absolute Gasteiger partial charge is 0.264 e. The molecule has 2 rings (SSSR count). The van der Waals surface area contributed by atoms with E-state index in [0.29, 0.717) is 0 Å². The van der Waals surface area contributed by atoms with Gasteiger partial charge in [-0.05, 0) is 36.3 Å². The van der Waals surface area contributed by atoms with Crippen LogP contribution in [0.4, 0.5) is 0 Å². The van der Waals surface area contributed by atoms with Crippen molar-refractivity contribution >= 4 is 11.6 Å². The van der Waals surface area contributed by atoms with Crippen molar-refractivity contribution < 1.29 is 0 Å². The molecule has 0 N–H and O–H groups in total. The second kappa shape index (κ2) is 4.80. The summed E-state index contributed by atoms with van der Waals surface area (Å²) in [7, 11) is 0. The van der Waals surface area contributed by atoms with Gasteiger partial charge in [0.15, 0.2) is 0 Å². The molecule has 1 aromatic rings. The third kappa shape index (κ3) is 2.18. The number of fused-ring (bicyclic) bond motifs is 1. The van der Waals surface area contributed by atoms with Gasteiger partial charge in [0.05, 0.1) is 0 Å². The van der Waals surface area contributed by atoms with Crippen LogP contribution in [0.2, 0.25) is 0 Å². The van der Waals surface area contributed by atoms with Gasteiger partial charge in [0.1, 0.15) is 0 Å². The quantitative estimate of drug-likeness (QED) is 0.586. The van der Waals surface area contributed by atoms with E-state index in [2.05, 4.69) is 24.1 Å². The minimum Gasteiger partial charge on any atom is -0.264 e. The zero-order valence-electron chi connectivity index (χ0n) is 8.67. The molecule has 1 heteroatoms. The van der Waals surface area contributed by atoms with Crippen LogP contribution in [0.25, 0.3) is 11.6 Å². The molecule has 0 unspecified atom stereocenters. The molecule has 0 saturated heterocycles. The third-order valence-corrected chi connectivity index (χ3v) is 2.20. The summed E-state index contributed by atoms with van der Waals surface area (Å²) in [6.45, 7) is 6.19. The van der Waals surface area contributed by atoms with Crippen LogP contribution in [-0.2, 0) is 0 Å². The molecule has 0 aromatic carbocycles. The van der Waals surface area contributed by atoms with Crippen LogP contribution in [0.5, 0.6) is 0 Å². The number of aromatic nitrogens is 1. The highest BCUT2D eigenvalue weighted by molar-refractivity contribution is 5.48. The molecule has 0 radical (unpaired) electrons. The van der Waals surface area contributed by atoms with Gasteiger partial charge in [-0.1, -0.05) is 25.5 Å². The standard InChI is InChI=1S/C10H11N.C2H6/c1-8-3-2-4-9-5-6-11-7-10(8)9;1-2/h4-7H,2-3H2,1H3;1-2H3. The Morgan fingerprint density at radius 2 is 2.08 bits per heavy atom. The summed E-state index contributed by atoms with van der Waals surface area (Å²) in [6, 6.07) is 2.08. The first kappa shape index (κ1) is 9.97. The summed E-state index contributed by atoms with van der Waals surface area (Å²) in [5.74, 6) is 0. The van der Waals surface area contributed by atoms with Gasteiger partial charge in [0.25, 0.3) is 0 Å². The van der Waals surface area contributed by atoms with Crippen LogP contribution in [-0.4, -0.2) is 4.98 Å². The van der Waals surface area contributed by atoms with Crippen molar-refractivity contribution in [3.63, 3.8) is 0 Å². The average Bonchev–Trinajstić information content (AvgIpc) is 2.22. The second-order valence-electron chi connectivity index (χ2n) is 2.99. The highest BCUT2D eigenvalue weighted by atomic mass is 14.6. The fourth-order valence-corrected chi connectivity index (χ4v) is 1.52. The number of hydrogen-bond acceptors (Lipinski definition) is 1. The Labute approximate surface area is 79.8 Å². The van der Waals surface area contributed by atoms with Crippen molar-refractivity contribution in [2.45, 2.75) is 33.6 Å². The van der Waals surface area contributed by atoms with Crippen LogP contribution >= 0.6 is 0 Å². The van der Waals surface area contributed by atoms with Crippen molar-refractivity contribution in [2.75, 3.05) is 0 Å². The lowest BCUT2D eigenvalue weighted by atomic mass is 10.0. The van der Waals surface area contributed by atoms with Gasteiger partial charge in [0, 0.05) is 12.4 Å². The van der Waals surface area contributed by atoms with Gasteiger partial charge in [-0.3, -0.25) is 4.98 Å². The first-order valence-corrected chi connectivity index (χ1v) is 4.98. The number of pyridine rings is 1. The number of rotatable bonds is 0. The molecular formula is C12H17N. The molecule has 0 spiro atoms. The lowest BCUT2D eigenvalue weighted by Gasteiger charge is -2.04. The maximum atomic E-state index is 4.11. The van der Waals surface area contributed by atoms with Gasteiger partial charge in [-0.15, -0.1) is 0 Å². The van der Waals surface area contributed by atoms with Gasteiger partial charge in [-0.2, -0.15) is 0 Å². The maximum Gasteiger partial charge on any atom is 0.0345 e. The highest BCUT2D eigenvalue weighted by Crippen LogP contribution is 2.04. The molecule has 1 nitrogen and oxygen atoms in total. The van der Waals surface area contributed by atoms with E-state index in [1.165, 1.54) is 28.9 Å². The molecule has 1 aliphatic rings. The van der Waals surface area contributed by atoms with E-state index in [1.807, 2.05) is 26.2 Å². The fraction of sp³-hybridized carbons (Fsp3) is 0.417. The van der Waals surface area contributed by atoms with Gasteiger partial charge >= 0.3 is 0 Å². The first-order valence-electron chi connectivity index (χ1n) is 4.98. The Morgan fingerprint density at radius 3 is 2.77 bits per heavy atom. The molecule has 13 heavy (non-hydrogen) atoms. The summed E-state index contributed by atoms with van der Waals surface area (Å²) in [6.07, 6.45) is 8.47. The zero-order valence-corrected chi connectivity index (χ0v) is 8.67. The molecule has 1 aromatic heterocycles. The number of nitrogens with zero attached hydrogens (tertiary/aromatic N) is 1. The Bertz CT molecular complexity index is 376. The normalized spacial score (nSPS) is 13.6. The summed E-state index contributed by atoms with van der Waals surface area (Å²) in [5, 5.41) is 2.68. The second-order valence-corrected chi connectivity index (χ2v) is 2.99. The van der Waals surface area contributed by atoms with E-state index < -0.39 is 0 Å². The van der Waals surface area contributed by atoms with E-state index in [1.54, 1.807) is 0 Å². The van der Waals surface area contributed by atoms with Crippen molar-refractivity contribution in [2.24, 2.45) is 0 Å². The summed E-state index contributed by atoms with van der Waals surface area (Å²) in [5.41, 5.74) is 1.47. The molecule has 1 heterocycles. The smallest absolute Gasteiger partial charge is 0.0345 e. The molecule has 0 amide bonds. The minimum atomic E-state index is 1.18. The Kier molecular flexibility index (Phi) is 3.69. The van der Waals surface area contributed by atoms with E-state index in [-0.39, 0.29) is 0 Å². The predicted molar refractivity (Wildman–Crippen MR) is 57.6 cm³/mol. The maximum absolute atomic E-state index is 4.11. The van der Waals surface area contributed by atoms with E-state index in [4.69, 9.17) is 0 Å². The lowest BCUT2D eigenvalue weighted by Crippen LogP contribution is -2.28. The molecule has 0 saturated carbocycles. The van der Waals surface area contributed by atoms with Gasteiger partial charge in [-0.25, -0.2) is 0 Å². The Morgan fingerprint density at radius 1 is 1.31 bits per heavy atom. The monoisotopic (exact) mass is 175 g/mol. The first-order chi connectivity index (χ1) is 6.38. The highest BCUT2D eigenvalue weighted by Gasteiger charge is 1.97. The summed E-state index contributed by atoms with van der Waals surface area (Å²) in [4.78, 5) is 4.11. The zero-order chi connectivity index (χ0) is 9.68. The van der Waals surface area contributed by atoms with E-state index in [9.17, 15) is 0 Å². The van der Waals surface area contributed by atoms with Gasteiger partial charge in [0.2, 0.25) is 0 Å². The molecule has 0 atom stereocenters. The fourth-order valence-electron chi connectivity index (χ4n) is 1.52. The topological polar surface area (TPSA) is 12.9 Å². The third-order valence-electron chi connectivity index (χ3n) is 2.20. The lowest BCUT2D eigenvalue weighted by molar-refractivity contribution is 1.05. The van der Waals surface area contributed by atoms with Crippen molar-refractivity contribution in [3.8, 4) is 0 Å². The average molecular weight is 175 g/mol. The van der Waals surface area contributed by atoms with Gasteiger partial charge < -0.3 is 0 Å². The summed E-state index contributed by atoms with van der Waals surface area (Å²) < 4.78 is 0. The number of hydrogen-bond donors (Lipinski definition) is 0. The molecule has 0 aliphatic heterocycles. The van der Waals surface area contributed by atoms with Crippen LogP contribution in [0.3, 0.4) is 0 Å². The van der Waals surface area contributed by atoms with Crippen molar-refractivity contribution in [3.05, 3.63) is 28.9 Å². The molecule has 70 valence electrons.